The number of hydrogen-bond donors (Lipinski definition) is 11. The number of carbonyl (C=O) groups is 14. The second kappa shape index (κ2) is 36.3. The molecule has 11 N–H and O–H groups in total. The van der Waals surface area contributed by atoms with Crippen molar-refractivity contribution in [2.45, 2.75) is 82.0 Å². The molecule has 1 aliphatic heterocycles. The fourth-order valence-corrected chi connectivity index (χ4v) is 9.00. The highest BCUT2D eigenvalue weighted by Gasteiger charge is 2.36. The average Bonchev–Trinajstić information content (AvgIpc) is 4.14. The number of imidazole rings is 1. The Kier molecular flexibility index (Phi) is 31.4. The van der Waals surface area contributed by atoms with Crippen LogP contribution in [0.3, 0.4) is 0 Å². The van der Waals surface area contributed by atoms with Gasteiger partial charge < -0.3 is 77.5 Å². The zero-order chi connectivity index (χ0) is 58.3. The van der Waals surface area contributed by atoms with Crippen LogP contribution in [0.15, 0.2) is 12.5 Å². The van der Waals surface area contributed by atoms with E-state index < -0.39 is 158 Å². The lowest BCUT2D eigenvalue weighted by Crippen LogP contribution is -2.56. The number of aromatic amines is 1. The van der Waals surface area contributed by atoms with Crippen molar-refractivity contribution in [3.8, 4) is 0 Å². The summed E-state index contributed by atoms with van der Waals surface area (Å²) >= 11 is 1.90. The number of amides is 13. The van der Waals surface area contributed by atoms with E-state index in [1.54, 1.807) is 34.0 Å². The molecule has 0 bridgehead atoms. The Labute approximate surface area is 471 Å². The topological polar surface area (TPSA) is 409 Å². The molecule has 13 amide bonds. The largest absolute Gasteiger partial charge is 0.480 e. The molecule has 0 saturated carbocycles. The molecule has 434 valence electrons. The highest BCUT2D eigenvalue weighted by Crippen LogP contribution is 2.19. The van der Waals surface area contributed by atoms with Crippen LogP contribution in [0.25, 0.3) is 0 Å². The molecule has 0 aromatic carbocycles. The molecule has 0 radical (unpaired) electrons. The van der Waals surface area contributed by atoms with E-state index in [4.69, 9.17) is 5.11 Å². The van der Waals surface area contributed by atoms with Crippen molar-refractivity contribution in [1.29, 1.82) is 0 Å². The Morgan fingerprint density at radius 3 is 1.88 bits per heavy atom. The van der Waals surface area contributed by atoms with Crippen molar-refractivity contribution in [2.75, 3.05) is 97.1 Å². The first-order chi connectivity index (χ1) is 37.0. The Morgan fingerprint density at radius 1 is 0.718 bits per heavy atom. The highest BCUT2D eigenvalue weighted by molar-refractivity contribution is 14.1. The summed E-state index contributed by atoms with van der Waals surface area (Å²) in [6, 6.07) is -3.32. The van der Waals surface area contributed by atoms with E-state index in [0.717, 1.165) is 4.90 Å². The van der Waals surface area contributed by atoms with Crippen LogP contribution in [0, 0.1) is 0 Å². The fourth-order valence-electron chi connectivity index (χ4n) is 7.17. The van der Waals surface area contributed by atoms with E-state index >= 15 is 0 Å². The number of carboxylic acid groups (broad SMARTS) is 1. The number of likely N-dealkylation sites (tertiary alicyclic amines) is 1. The maximum atomic E-state index is 14.1. The third-order valence-corrected chi connectivity index (χ3v) is 13.7. The van der Waals surface area contributed by atoms with Gasteiger partial charge in [-0.1, -0.05) is 58.0 Å². The number of aromatic nitrogens is 2. The summed E-state index contributed by atoms with van der Waals surface area (Å²) in [7, 11) is 2.57. The molecule has 2 rings (SSSR count). The molecule has 1 unspecified atom stereocenters. The van der Waals surface area contributed by atoms with Crippen molar-refractivity contribution in [1.82, 2.24) is 77.4 Å². The summed E-state index contributed by atoms with van der Waals surface area (Å²) in [6.45, 7) is 1.60. The molecule has 1 aliphatic rings. The second-order valence-corrected chi connectivity index (χ2v) is 21.4. The summed E-state index contributed by atoms with van der Waals surface area (Å²) in [5.74, 6) is -9.81. The quantitative estimate of drug-likeness (QED) is 0.0131. The number of carboxylic acids is 1. The fraction of sp³-hybridized carbons (Fsp3) is 0.622. The van der Waals surface area contributed by atoms with E-state index in [1.165, 1.54) is 48.8 Å². The van der Waals surface area contributed by atoms with Crippen molar-refractivity contribution in [3.63, 3.8) is 0 Å². The van der Waals surface area contributed by atoms with E-state index in [2.05, 4.69) is 57.8 Å². The zero-order valence-electron chi connectivity index (χ0n) is 44.0. The average molecular weight is 1250 g/mol. The van der Waals surface area contributed by atoms with Crippen LogP contribution < -0.4 is 47.9 Å². The van der Waals surface area contributed by atoms with Gasteiger partial charge in [0, 0.05) is 50.1 Å². The van der Waals surface area contributed by atoms with Gasteiger partial charge in [0.2, 0.25) is 76.8 Å². The van der Waals surface area contributed by atoms with Crippen LogP contribution in [0.2, 0.25) is 0 Å². The molecule has 1 aromatic rings. The lowest BCUT2D eigenvalue weighted by molar-refractivity contribution is -0.145. The summed E-state index contributed by atoms with van der Waals surface area (Å²) in [6.07, 6.45) is 5.70. The Bertz CT molecular complexity index is 2280. The number of carbonyl (C=O) groups excluding carboxylic acids is 13. The molecule has 33 heteroatoms. The number of rotatable bonds is 35. The van der Waals surface area contributed by atoms with Crippen LogP contribution in [0.5, 0.6) is 0 Å². The van der Waals surface area contributed by atoms with Gasteiger partial charge in [-0.25, -0.2) is 4.98 Å². The number of H-pyrrole nitrogens is 1. The first-order valence-corrected chi connectivity index (χ1v) is 28.6. The molecule has 2 heterocycles. The number of hydrogen-bond acceptors (Lipinski definition) is 17. The first kappa shape index (κ1) is 67.3. The standard InChI is InChI=1S/C45H70IN15O15S2/c1-6-11-59(41(71)24-61(27(4)46)40(70)21-52-34(64)16-49-37(67)23-58(8-3)38(68)19-50-33(63)15-48-32(62)7-2)31(13-28-14-47-26-56-28)45(76)53-17-35(65)51-20-39(69)60-12-9-10-30(60)44(75)54-18-36(66)57-29(25-78-77-5)43(74)55-22-42(72)73/h14,26-27,29-31H,6-13,15-25H2,1-5H3,(H,47,56)(H,48,62)(H,49,67)(H,50,63)(H,51,65)(H,52,64)(H,53,76)(H,54,75)(H,55,74)(H,57,66)(H,72,73)/t27?,29-,30-,31-/m0/s1. The molecule has 1 fully saturated rings. The van der Waals surface area contributed by atoms with Gasteiger partial charge in [0.15, 0.2) is 0 Å². The van der Waals surface area contributed by atoms with Gasteiger partial charge in [0.1, 0.15) is 31.2 Å². The minimum absolute atomic E-state index is 0.0348. The number of nitrogens with one attached hydrogen (secondary N) is 10. The van der Waals surface area contributed by atoms with Gasteiger partial charge in [-0.15, -0.1) is 0 Å². The van der Waals surface area contributed by atoms with E-state index in [0.29, 0.717) is 18.5 Å². The molecular weight excluding hydrogens is 1180 g/mol. The van der Waals surface area contributed by atoms with Crippen LogP contribution in [0.4, 0.5) is 0 Å². The molecule has 78 heavy (non-hydrogen) atoms. The monoisotopic (exact) mass is 1250 g/mol. The van der Waals surface area contributed by atoms with Gasteiger partial charge in [-0.3, -0.25) is 67.1 Å². The van der Waals surface area contributed by atoms with Crippen LogP contribution >= 0.6 is 44.2 Å². The number of aliphatic carboxylic acids is 1. The van der Waals surface area contributed by atoms with Crippen molar-refractivity contribution in [3.05, 3.63) is 18.2 Å². The maximum Gasteiger partial charge on any atom is 0.322 e. The third kappa shape index (κ3) is 25.1. The lowest BCUT2D eigenvalue weighted by atomic mass is 10.1. The predicted octanol–water partition coefficient (Wildman–Crippen LogP) is -5.07. The first-order valence-electron chi connectivity index (χ1n) is 24.7. The van der Waals surface area contributed by atoms with Gasteiger partial charge in [-0.05, 0) is 39.4 Å². The van der Waals surface area contributed by atoms with E-state index in [9.17, 15) is 67.1 Å². The Hall–Kier alpha value is -6.78. The molecular formula is C45H70IN15O15S2. The van der Waals surface area contributed by atoms with Crippen molar-refractivity contribution < 1.29 is 72.2 Å². The molecule has 4 atom stereocenters. The minimum Gasteiger partial charge on any atom is -0.480 e. The van der Waals surface area contributed by atoms with Gasteiger partial charge in [0.25, 0.3) is 0 Å². The number of likely N-dealkylation sites (N-methyl/N-ethyl adjacent to an activating group) is 1. The number of nitrogens with zero attached hydrogens (tertiary/aromatic N) is 5. The smallest absolute Gasteiger partial charge is 0.322 e. The number of alkyl halides is 1. The van der Waals surface area contributed by atoms with Gasteiger partial charge in [0.05, 0.1) is 62.7 Å². The van der Waals surface area contributed by atoms with E-state index in [-0.39, 0.29) is 57.1 Å². The Morgan fingerprint density at radius 2 is 1.31 bits per heavy atom. The molecule has 0 aliphatic carbocycles. The highest BCUT2D eigenvalue weighted by atomic mass is 127. The second-order valence-electron chi connectivity index (χ2n) is 17.0. The zero-order valence-corrected chi connectivity index (χ0v) is 47.8. The van der Waals surface area contributed by atoms with Crippen LogP contribution in [0.1, 0.15) is 59.1 Å². The predicted molar refractivity (Wildman–Crippen MR) is 290 cm³/mol. The number of halogens is 1. The van der Waals surface area contributed by atoms with E-state index in [1.807, 2.05) is 22.6 Å². The molecule has 0 spiro atoms. The minimum atomic E-state index is -1.27. The van der Waals surface area contributed by atoms with Crippen molar-refractivity contribution >= 4 is 127 Å². The summed E-state index contributed by atoms with van der Waals surface area (Å²) < 4.78 is -0.610. The summed E-state index contributed by atoms with van der Waals surface area (Å²) in [5.41, 5.74) is 0.455. The third-order valence-electron chi connectivity index (χ3n) is 11.2. The van der Waals surface area contributed by atoms with Crippen LogP contribution in [-0.4, -0.2) is 237 Å². The van der Waals surface area contributed by atoms with Gasteiger partial charge in [-0.2, -0.15) is 0 Å². The van der Waals surface area contributed by atoms with Crippen LogP contribution in [-0.2, 0) is 73.5 Å². The lowest BCUT2D eigenvalue weighted by Gasteiger charge is -2.33. The Balaban J connectivity index is 1.98. The maximum absolute atomic E-state index is 14.1. The molecule has 30 nitrogen and oxygen atoms in total. The summed E-state index contributed by atoms with van der Waals surface area (Å²) in [4.78, 5) is 190. The molecule has 1 saturated heterocycles. The molecule has 1 aromatic heterocycles. The van der Waals surface area contributed by atoms with Gasteiger partial charge >= 0.3 is 5.97 Å². The van der Waals surface area contributed by atoms with Crippen molar-refractivity contribution in [2.24, 2.45) is 0 Å². The summed E-state index contributed by atoms with van der Waals surface area (Å²) in [5, 5.41) is 30.4. The SMILES string of the molecule is CCCN(C(=O)CN(C(=O)CNC(=O)CNC(=O)CN(CC)C(=O)CNC(=O)CNC(=O)CC)C(C)I)[C@@H](Cc1cnc[nH]1)C(=O)NCC(=O)NCC(=O)N1CCC[C@H]1C(=O)NCC(=O)N[C@@H](CSSC)C(=O)NCC(=O)O. The normalized spacial score (nSPS) is 13.7.